The molecule has 3 atom stereocenters. The van der Waals surface area contributed by atoms with Gasteiger partial charge in [0.05, 0.1) is 33.8 Å². The molecule has 410 valence electrons. The van der Waals surface area contributed by atoms with E-state index in [0.29, 0.717) is 17.4 Å². The van der Waals surface area contributed by atoms with Gasteiger partial charge in [-0.3, -0.25) is 14.2 Å². The summed E-state index contributed by atoms with van der Waals surface area (Å²) in [7, 11) is 1.20. The first kappa shape index (κ1) is 67.8. The predicted octanol–water partition coefficient (Wildman–Crippen LogP) is 17.4. The SMILES string of the molecule is CCCCCCCCCCCCC/C=C\C(OC(=O)CCCCCCCCCCCCCCCCCCCCC)C(COP(=O)([O-])OCC[N+](C)(C)C)NC(=O)CCCCCCCCCCCCC. The van der Waals surface area contributed by atoms with Gasteiger partial charge in [-0.15, -0.1) is 0 Å². The first-order chi connectivity index (χ1) is 33.4. The molecule has 0 fully saturated rings. The first-order valence-electron chi connectivity index (χ1n) is 30.0. The van der Waals surface area contributed by atoms with Crippen LogP contribution in [0.25, 0.3) is 0 Å². The zero-order valence-electron chi connectivity index (χ0n) is 46.8. The molecule has 0 spiro atoms. The summed E-state index contributed by atoms with van der Waals surface area (Å²) in [5.41, 5.74) is 0. The highest BCUT2D eigenvalue weighted by molar-refractivity contribution is 7.45. The van der Waals surface area contributed by atoms with E-state index in [9.17, 15) is 19.0 Å². The second-order valence-electron chi connectivity index (χ2n) is 21.9. The third kappa shape index (κ3) is 51.5. The summed E-state index contributed by atoms with van der Waals surface area (Å²) in [5.74, 6) is -0.523. The minimum Gasteiger partial charge on any atom is -0.756 e. The van der Waals surface area contributed by atoms with E-state index in [-0.39, 0.29) is 31.5 Å². The molecule has 1 N–H and O–H groups in total. The van der Waals surface area contributed by atoms with E-state index in [0.717, 1.165) is 57.8 Å². The van der Waals surface area contributed by atoms with Crippen molar-refractivity contribution < 1.29 is 37.3 Å². The number of amides is 1. The Labute approximate surface area is 429 Å². The van der Waals surface area contributed by atoms with Crippen LogP contribution < -0.4 is 10.2 Å². The number of nitrogens with zero attached hydrogens (tertiary/aromatic N) is 1. The van der Waals surface area contributed by atoms with Gasteiger partial charge in [0.15, 0.2) is 0 Å². The fraction of sp³-hybridized carbons (Fsp3) is 0.932. The van der Waals surface area contributed by atoms with E-state index in [2.05, 4.69) is 26.1 Å². The number of phosphoric ester groups is 1. The van der Waals surface area contributed by atoms with Gasteiger partial charge in [0.1, 0.15) is 19.3 Å². The second kappa shape index (κ2) is 50.3. The summed E-state index contributed by atoms with van der Waals surface area (Å²) >= 11 is 0. The highest BCUT2D eigenvalue weighted by Crippen LogP contribution is 2.38. The molecule has 9 nitrogen and oxygen atoms in total. The number of hydrogen-bond donors (Lipinski definition) is 1. The Hall–Kier alpha value is -1.25. The topological polar surface area (TPSA) is 114 Å². The van der Waals surface area contributed by atoms with Crippen LogP contribution in [0.4, 0.5) is 0 Å². The molecule has 0 aliphatic heterocycles. The molecule has 0 saturated heterocycles. The van der Waals surface area contributed by atoms with Crippen LogP contribution in [0.1, 0.15) is 303 Å². The maximum Gasteiger partial charge on any atom is 0.306 e. The lowest BCUT2D eigenvalue weighted by molar-refractivity contribution is -0.870. The number of unbranched alkanes of at least 4 members (excludes halogenated alkanes) is 39. The lowest BCUT2D eigenvalue weighted by Crippen LogP contribution is -2.47. The molecule has 0 aliphatic rings. The van der Waals surface area contributed by atoms with Crippen LogP contribution in [-0.4, -0.2) is 69.4 Å². The molecule has 0 rings (SSSR count). The minimum atomic E-state index is -4.68. The molecule has 0 aromatic rings. The van der Waals surface area contributed by atoms with E-state index in [1.165, 1.54) is 212 Å². The lowest BCUT2D eigenvalue weighted by Gasteiger charge is -2.30. The highest BCUT2D eigenvalue weighted by atomic mass is 31.2. The van der Waals surface area contributed by atoms with Gasteiger partial charge in [-0.25, -0.2) is 0 Å². The number of nitrogens with one attached hydrogen (secondary N) is 1. The van der Waals surface area contributed by atoms with Crippen molar-refractivity contribution in [2.75, 3.05) is 40.9 Å². The van der Waals surface area contributed by atoms with Crippen LogP contribution in [0.5, 0.6) is 0 Å². The van der Waals surface area contributed by atoms with Gasteiger partial charge in [-0.1, -0.05) is 271 Å². The first-order valence-corrected chi connectivity index (χ1v) is 31.5. The van der Waals surface area contributed by atoms with E-state index >= 15 is 0 Å². The molecule has 0 aromatic heterocycles. The van der Waals surface area contributed by atoms with Gasteiger partial charge < -0.3 is 28.5 Å². The number of allylic oxidation sites excluding steroid dienone is 1. The van der Waals surface area contributed by atoms with Crippen molar-refractivity contribution in [3.63, 3.8) is 0 Å². The second-order valence-corrected chi connectivity index (χ2v) is 23.3. The monoisotopic (exact) mass is 997 g/mol. The Balaban J connectivity index is 5.22. The third-order valence-corrected chi connectivity index (χ3v) is 14.7. The van der Waals surface area contributed by atoms with Crippen LogP contribution in [-0.2, 0) is 27.9 Å². The Morgan fingerprint density at radius 3 is 1.19 bits per heavy atom. The minimum absolute atomic E-state index is 0.0170. The third-order valence-electron chi connectivity index (χ3n) is 13.7. The van der Waals surface area contributed by atoms with Crippen molar-refractivity contribution in [2.24, 2.45) is 0 Å². The van der Waals surface area contributed by atoms with Crippen molar-refractivity contribution in [2.45, 2.75) is 315 Å². The molecule has 1 amide bonds. The van der Waals surface area contributed by atoms with E-state index in [4.69, 9.17) is 13.8 Å². The Kier molecular flexibility index (Phi) is 49.4. The molecule has 3 unspecified atom stereocenters. The average Bonchev–Trinajstić information content (AvgIpc) is 3.31. The molecule has 0 aliphatic carbocycles. The van der Waals surface area contributed by atoms with Crippen LogP contribution in [0.3, 0.4) is 0 Å². The average molecular weight is 998 g/mol. The molecule has 0 saturated carbocycles. The molecular formula is C59H117N2O7P. The normalized spacial score (nSPS) is 13.8. The van der Waals surface area contributed by atoms with E-state index in [1.807, 2.05) is 33.3 Å². The van der Waals surface area contributed by atoms with Crippen molar-refractivity contribution >= 4 is 19.7 Å². The zero-order chi connectivity index (χ0) is 50.8. The summed E-state index contributed by atoms with van der Waals surface area (Å²) in [6.45, 7) is 6.88. The number of ether oxygens (including phenoxy) is 1. The molecule has 0 heterocycles. The summed E-state index contributed by atoms with van der Waals surface area (Å²) < 4.78 is 30.3. The summed E-state index contributed by atoms with van der Waals surface area (Å²) in [6.07, 6.45) is 56.0. The van der Waals surface area contributed by atoms with Gasteiger partial charge >= 0.3 is 5.97 Å². The van der Waals surface area contributed by atoms with E-state index < -0.39 is 20.0 Å². The van der Waals surface area contributed by atoms with E-state index in [1.54, 1.807) is 0 Å². The van der Waals surface area contributed by atoms with Gasteiger partial charge in [0.25, 0.3) is 7.82 Å². The maximum atomic E-state index is 13.4. The van der Waals surface area contributed by atoms with Crippen LogP contribution in [0.2, 0.25) is 0 Å². The Bertz CT molecular complexity index is 1190. The van der Waals surface area contributed by atoms with Gasteiger partial charge in [-0.05, 0) is 31.8 Å². The van der Waals surface area contributed by atoms with Crippen molar-refractivity contribution in [3.8, 4) is 0 Å². The number of quaternary nitrogens is 1. The molecule has 0 bridgehead atoms. The van der Waals surface area contributed by atoms with Crippen LogP contribution >= 0.6 is 7.82 Å². The summed E-state index contributed by atoms with van der Waals surface area (Å²) in [5, 5.41) is 3.03. The number of phosphoric acid groups is 1. The fourth-order valence-corrected chi connectivity index (χ4v) is 9.78. The standard InChI is InChI=1S/C59H117N2O7P/c1-7-10-13-16-19-22-25-27-28-29-30-31-32-34-37-40-43-46-49-52-59(63)68-57(50-47-44-41-38-36-33-26-23-20-17-14-11-8-2)56(55-67-69(64,65)66-54-53-61(4,5)6)60-58(62)51-48-45-42-39-35-24-21-18-15-12-9-3/h47,50,56-57H,7-46,48-49,51-55H2,1-6H3,(H-,60,62,64,65)/b50-47-. The van der Waals surface area contributed by atoms with Crippen molar-refractivity contribution in [1.82, 2.24) is 5.32 Å². The number of esters is 1. The van der Waals surface area contributed by atoms with Crippen LogP contribution in [0.15, 0.2) is 12.2 Å². The number of likely N-dealkylation sites (N-methyl/N-ethyl adjacent to an activating group) is 1. The maximum absolute atomic E-state index is 13.4. The number of hydrogen-bond acceptors (Lipinski definition) is 7. The predicted molar refractivity (Wildman–Crippen MR) is 294 cm³/mol. The van der Waals surface area contributed by atoms with Crippen molar-refractivity contribution in [1.29, 1.82) is 0 Å². The van der Waals surface area contributed by atoms with Gasteiger partial charge in [-0.2, -0.15) is 0 Å². The lowest BCUT2D eigenvalue weighted by atomic mass is 10.0. The van der Waals surface area contributed by atoms with Gasteiger partial charge in [0, 0.05) is 12.8 Å². The Morgan fingerprint density at radius 1 is 0.493 bits per heavy atom. The highest BCUT2D eigenvalue weighted by Gasteiger charge is 2.27. The largest absolute Gasteiger partial charge is 0.756 e. The number of carbonyl (C=O) groups excluding carboxylic acids is 2. The Morgan fingerprint density at radius 2 is 0.826 bits per heavy atom. The molecule has 0 aromatic carbocycles. The van der Waals surface area contributed by atoms with Crippen LogP contribution in [0, 0.1) is 0 Å². The van der Waals surface area contributed by atoms with Crippen molar-refractivity contribution in [3.05, 3.63) is 12.2 Å². The molecular weight excluding hydrogens is 880 g/mol. The molecule has 0 radical (unpaired) electrons. The number of carbonyl (C=O) groups is 2. The zero-order valence-corrected chi connectivity index (χ0v) is 47.7. The quantitative estimate of drug-likeness (QED) is 0.0212. The summed E-state index contributed by atoms with van der Waals surface area (Å²) in [6, 6.07) is -0.878. The smallest absolute Gasteiger partial charge is 0.306 e. The fourth-order valence-electron chi connectivity index (χ4n) is 9.05. The number of rotatable bonds is 55. The molecule has 69 heavy (non-hydrogen) atoms. The van der Waals surface area contributed by atoms with Gasteiger partial charge in [0.2, 0.25) is 5.91 Å². The summed E-state index contributed by atoms with van der Waals surface area (Å²) in [4.78, 5) is 39.8. The molecule has 10 heteroatoms.